The fourth-order valence-electron chi connectivity index (χ4n) is 3.60. The van der Waals surface area contributed by atoms with Crippen molar-refractivity contribution in [2.45, 2.75) is 32.0 Å². The van der Waals surface area contributed by atoms with Gasteiger partial charge in [0.1, 0.15) is 11.6 Å². The zero-order valence-corrected chi connectivity index (χ0v) is 14.8. The van der Waals surface area contributed by atoms with Gasteiger partial charge in [0, 0.05) is 20.0 Å². The van der Waals surface area contributed by atoms with Crippen molar-refractivity contribution in [1.82, 2.24) is 15.1 Å². The van der Waals surface area contributed by atoms with Gasteiger partial charge in [0.05, 0.1) is 17.7 Å². The largest absolute Gasteiger partial charge is 0.424 e. The highest BCUT2D eigenvalue weighted by atomic mass is 19.1. The molecule has 1 aromatic heterocycles. The number of benzene rings is 2. The minimum atomic E-state index is -1.32. The molecule has 27 heavy (non-hydrogen) atoms. The summed E-state index contributed by atoms with van der Waals surface area (Å²) in [6.07, 6.45) is -0.701. The third kappa shape index (κ3) is 3.48. The smallest absolute Gasteiger partial charge is 0.233 e. The number of hydrogen-bond donors (Lipinski definition) is 1. The van der Waals surface area contributed by atoms with E-state index in [2.05, 4.69) is 10.2 Å². The maximum atomic E-state index is 14.1. The van der Waals surface area contributed by atoms with E-state index in [9.17, 15) is 13.9 Å². The van der Waals surface area contributed by atoms with Crippen LogP contribution in [0.2, 0.25) is 0 Å². The first-order valence-corrected chi connectivity index (χ1v) is 8.75. The van der Waals surface area contributed by atoms with Gasteiger partial charge in [0.15, 0.2) is 0 Å². The van der Waals surface area contributed by atoms with Gasteiger partial charge in [0.25, 0.3) is 0 Å². The van der Waals surface area contributed by atoms with Crippen LogP contribution in [-0.4, -0.2) is 26.7 Å². The predicted octanol–water partition coefficient (Wildman–Crippen LogP) is 3.49. The highest BCUT2D eigenvalue weighted by Crippen LogP contribution is 2.34. The molecule has 1 aliphatic rings. The van der Waals surface area contributed by atoms with E-state index in [4.69, 9.17) is 4.42 Å². The Morgan fingerprint density at radius 1 is 1.11 bits per heavy atom. The maximum Gasteiger partial charge on any atom is 0.233 e. The summed E-state index contributed by atoms with van der Waals surface area (Å²) < 4.78 is 33.7. The molecule has 140 valence electrons. The average Bonchev–Trinajstić information content (AvgIpc) is 3.07. The third-order valence-corrected chi connectivity index (χ3v) is 4.91. The topological polar surface area (TPSA) is 62.4 Å². The van der Waals surface area contributed by atoms with Gasteiger partial charge in [-0.3, -0.25) is 4.90 Å². The first-order chi connectivity index (χ1) is 13.0. The zero-order valence-electron chi connectivity index (χ0n) is 14.8. The van der Waals surface area contributed by atoms with E-state index in [0.717, 1.165) is 23.3 Å². The van der Waals surface area contributed by atoms with E-state index < -0.39 is 17.7 Å². The highest BCUT2D eigenvalue weighted by molar-refractivity contribution is 5.31. The Bertz CT molecular complexity index is 940. The lowest BCUT2D eigenvalue weighted by Crippen LogP contribution is -2.37. The summed E-state index contributed by atoms with van der Waals surface area (Å²) >= 11 is 0. The van der Waals surface area contributed by atoms with Gasteiger partial charge in [-0.2, -0.15) is 0 Å². The van der Waals surface area contributed by atoms with Crippen LogP contribution in [0, 0.1) is 18.6 Å². The van der Waals surface area contributed by atoms with Crippen molar-refractivity contribution in [2.75, 3.05) is 6.54 Å². The second kappa shape index (κ2) is 7.17. The number of aryl methyl sites for hydroxylation is 1. The van der Waals surface area contributed by atoms with Crippen LogP contribution in [-0.2, 0) is 13.0 Å². The number of β-amino-alcohol motifs (C(OH)–C–C–N with tert-alkyl or cyclic N) is 1. The van der Waals surface area contributed by atoms with E-state index in [1.54, 1.807) is 6.92 Å². The van der Waals surface area contributed by atoms with Crippen molar-refractivity contribution in [3.63, 3.8) is 0 Å². The Hall–Kier alpha value is -2.64. The summed E-state index contributed by atoms with van der Waals surface area (Å²) in [5, 5.41) is 18.6. The number of aromatic nitrogens is 2. The van der Waals surface area contributed by atoms with Crippen molar-refractivity contribution in [3.05, 3.63) is 82.6 Å². The molecule has 0 fully saturated rings. The molecule has 2 unspecified atom stereocenters. The molecule has 0 aliphatic carbocycles. The Kier molecular flexibility index (Phi) is 4.72. The number of hydrogen-bond acceptors (Lipinski definition) is 5. The predicted molar refractivity (Wildman–Crippen MR) is 93.6 cm³/mol. The Morgan fingerprint density at radius 2 is 1.81 bits per heavy atom. The minimum Gasteiger partial charge on any atom is -0.424 e. The highest BCUT2D eigenvalue weighted by Gasteiger charge is 2.33. The summed E-state index contributed by atoms with van der Waals surface area (Å²) in [5.41, 5.74) is 1.93. The molecule has 0 spiro atoms. The third-order valence-electron chi connectivity index (χ3n) is 4.91. The molecule has 2 heterocycles. The van der Waals surface area contributed by atoms with Crippen LogP contribution in [0.5, 0.6) is 0 Å². The van der Waals surface area contributed by atoms with Crippen LogP contribution < -0.4 is 0 Å². The second-order valence-electron chi connectivity index (χ2n) is 6.73. The van der Waals surface area contributed by atoms with Crippen LogP contribution in [0.25, 0.3) is 0 Å². The van der Waals surface area contributed by atoms with Crippen molar-refractivity contribution in [1.29, 1.82) is 0 Å². The van der Waals surface area contributed by atoms with Gasteiger partial charge >= 0.3 is 0 Å². The molecule has 1 N–H and O–H groups in total. The zero-order chi connectivity index (χ0) is 19.0. The summed E-state index contributed by atoms with van der Waals surface area (Å²) in [5.74, 6) is -0.636. The molecule has 5 nitrogen and oxygen atoms in total. The van der Waals surface area contributed by atoms with Crippen LogP contribution >= 0.6 is 0 Å². The fourth-order valence-corrected chi connectivity index (χ4v) is 3.60. The standard InChI is InChI=1S/C20H19F2N3O2/c1-12-23-24-20(27-12)17-9-13-5-2-3-6-14(13)10-25(17)11-18(26)19-15(21)7-4-8-16(19)22/h2-8,17-18,26H,9-11H2,1H3. The molecule has 0 radical (unpaired) electrons. The molecule has 3 aromatic rings. The van der Waals surface area contributed by atoms with Crippen molar-refractivity contribution < 1.29 is 18.3 Å². The molecule has 4 rings (SSSR count). The van der Waals surface area contributed by atoms with Crippen LogP contribution in [0.15, 0.2) is 46.9 Å². The molecule has 1 aliphatic heterocycles. The van der Waals surface area contributed by atoms with Gasteiger partial charge in [0.2, 0.25) is 11.8 Å². The van der Waals surface area contributed by atoms with Crippen molar-refractivity contribution >= 4 is 0 Å². The molecule has 0 saturated heterocycles. The van der Waals surface area contributed by atoms with Gasteiger partial charge in [-0.25, -0.2) is 8.78 Å². The van der Waals surface area contributed by atoms with E-state index in [1.165, 1.54) is 6.07 Å². The molecule has 2 atom stereocenters. The molecule has 0 saturated carbocycles. The van der Waals surface area contributed by atoms with Gasteiger partial charge in [-0.15, -0.1) is 10.2 Å². The first-order valence-electron chi connectivity index (χ1n) is 8.75. The van der Waals surface area contributed by atoms with Gasteiger partial charge in [-0.05, 0) is 29.7 Å². The van der Waals surface area contributed by atoms with E-state index in [-0.39, 0.29) is 18.2 Å². The normalized spacial score (nSPS) is 18.3. The van der Waals surface area contributed by atoms with Crippen LogP contribution in [0.3, 0.4) is 0 Å². The van der Waals surface area contributed by atoms with Crippen LogP contribution in [0.4, 0.5) is 8.78 Å². The summed E-state index contributed by atoms with van der Waals surface area (Å²) in [4.78, 5) is 1.92. The monoisotopic (exact) mass is 371 g/mol. The Labute approximate surface area is 155 Å². The number of rotatable bonds is 4. The number of aliphatic hydroxyl groups excluding tert-OH is 1. The molecule has 0 bridgehead atoms. The molecule has 0 amide bonds. The van der Waals surface area contributed by atoms with E-state index >= 15 is 0 Å². The van der Waals surface area contributed by atoms with Crippen LogP contribution in [0.1, 0.15) is 40.6 Å². The molecular formula is C20H19F2N3O2. The lowest BCUT2D eigenvalue weighted by atomic mass is 9.93. The maximum absolute atomic E-state index is 14.1. The molecule has 2 aromatic carbocycles. The molecule has 7 heteroatoms. The summed E-state index contributed by atoms with van der Waals surface area (Å²) in [6, 6.07) is 11.3. The van der Waals surface area contributed by atoms with Gasteiger partial charge < -0.3 is 9.52 Å². The van der Waals surface area contributed by atoms with Crippen molar-refractivity contribution in [2.24, 2.45) is 0 Å². The second-order valence-corrected chi connectivity index (χ2v) is 6.73. The number of halogens is 2. The quantitative estimate of drug-likeness (QED) is 0.761. The Balaban J connectivity index is 1.66. The van der Waals surface area contributed by atoms with E-state index in [1.807, 2.05) is 29.2 Å². The number of nitrogens with zero attached hydrogens (tertiary/aromatic N) is 3. The number of aliphatic hydroxyl groups is 1. The molecular weight excluding hydrogens is 352 g/mol. The lowest BCUT2D eigenvalue weighted by Gasteiger charge is -2.36. The van der Waals surface area contributed by atoms with Crippen molar-refractivity contribution in [3.8, 4) is 0 Å². The summed E-state index contributed by atoms with van der Waals surface area (Å²) in [6.45, 7) is 2.26. The number of fused-ring (bicyclic) bond motifs is 1. The fraction of sp³-hybridized carbons (Fsp3) is 0.300. The first kappa shape index (κ1) is 17.8. The minimum absolute atomic E-state index is 0.0400. The Morgan fingerprint density at radius 3 is 2.48 bits per heavy atom. The summed E-state index contributed by atoms with van der Waals surface area (Å²) in [7, 11) is 0. The average molecular weight is 371 g/mol. The SMILES string of the molecule is Cc1nnc(C2Cc3ccccc3CN2CC(O)c2c(F)cccc2F)o1. The lowest BCUT2D eigenvalue weighted by molar-refractivity contribution is 0.0610. The van der Waals surface area contributed by atoms with Gasteiger partial charge in [-0.1, -0.05) is 30.3 Å². The van der Waals surface area contributed by atoms with E-state index in [0.29, 0.717) is 24.7 Å².